The lowest BCUT2D eigenvalue weighted by atomic mass is 10.1. The first kappa shape index (κ1) is 15.8. The van der Waals surface area contributed by atoms with Crippen LogP contribution in [0.2, 0.25) is 0 Å². The van der Waals surface area contributed by atoms with E-state index in [1.807, 2.05) is 12.1 Å². The number of carbonyl (C=O) groups is 1. The number of hydrogen-bond donors (Lipinski definition) is 0. The Labute approximate surface area is 125 Å². The van der Waals surface area contributed by atoms with Crippen molar-refractivity contribution in [3.05, 3.63) is 29.3 Å². The van der Waals surface area contributed by atoms with Crippen molar-refractivity contribution in [3.63, 3.8) is 0 Å². The summed E-state index contributed by atoms with van der Waals surface area (Å²) in [7, 11) is 3.09. The zero-order valence-electron chi connectivity index (χ0n) is 12.9. The number of esters is 1. The van der Waals surface area contributed by atoms with Gasteiger partial charge in [-0.1, -0.05) is 17.7 Å². The molecule has 1 aliphatic rings. The molecule has 1 heterocycles. The van der Waals surface area contributed by atoms with Gasteiger partial charge < -0.3 is 14.2 Å². The number of rotatable bonds is 5. The van der Waals surface area contributed by atoms with Crippen LogP contribution in [0.3, 0.4) is 0 Å². The maximum atomic E-state index is 11.3. The first-order valence-electron chi connectivity index (χ1n) is 7.16. The van der Waals surface area contributed by atoms with Crippen LogP contribution >= 0.6 is 0 Å². The van der Waals surface area contributed by atoms with Crippen LogP contribution in [0.1, 0.15) is 17.5 Å². The third kappa shape index (κ3) is 4.44. The predicted octanol–water partition coefficient (Wildman–Crippen LogP) is 1.77. The maximum absolute atomic E-state index is 11.3. The molecule has 0 bridgehead atoms. The van der Waals surface area contributed by atoms with Crippen molar-refractivity contribution in [3.8, 4) is 5.75 Å². The molecular weight excluding hydrogens is 270 g/mol. The Morgan fingerprint density at radius 2 is 2.24 bits per heavy atom. The quantitative estimate of drug-likeness (QED) is 0.774. The monoisotopic (exact) mass is 293 g/mol. The van der Waals surface area contributed by atoms with E-state index in [4.69, 9.17) is 14.2 Å². The van der Waals surface area contributed by atoms with Crippen LogP contribution < -0.4 is 4.74 Å². The van der Waals surface area contributed by atoms with Gasteiger partial charge in [0.2, 0.25) is 0 Å². The number of morpholine rings is 1. The highest BCUT2D eigenvalue weighted by molar-refractivity contribution is 5.69. The molecule has 0 aromatic heterocycles. The third-order valence-corrected chi connectivity index (χ3v) is 3.67. The van der Waals surface area contributed by atoms with Gasteiger partial charge >= 0.3 is 5.97 Å². The summed E-state index contributed by atoms with van der Waals surface area (Å²) in [6.07, 6.45) is 0.208. The molecule has 0 spiro atoms. The molecule has 5 nitrogen and oxygen atoms in total. The number of aryl methyl sites for hydroxylation is 1. The van der Waals surface area contributed by atoms with E-state index in [1.165, 1.54) is 12.7 Å². The second-order valence-electron chi connectivity index (χ2n) is 5.32. The Kier molecular flexibility index (Phi) is 5.59. The van der Waals surface area contributed by atoms with Crippen LogP contribution in [-0.2, 0) is 20.8 Å². The highest BCUT2D eigenvalue weighted by Gasteiger charge is 2.23. The zero-order chi connectivity index (χ0) is 15.2. The molecule has 1 aromatic carbocycles. The molecule has 0 saturated carbocycles. The van der Waals surface area contributed by atoms with Gasteiger partial charge in [-0.05, 0) is 13.0 Å². The molecule has 1 atom stereocenters. The van der Waals surface area contributed by atoms with E-state index in [0.29, 0.717) is 13.0 Å². The summed E-state index contributed by atoms with van der Waals surface area (Å²) in [4.78, 5) is 13.6. The molecule has 116 valence electrons. The molecule has 1 fully saturated rings. The molecule has 0 N–H and O–H groups in total. The lowest BCUT2D eigenvalue weighted by Gasteiger charge is -2.32. The SMILES string of the molecule is COC(=O)CC1CN(Cc2cc(C)ccc2OC)CCO1. The van der Waals surface area contributed by atoms with Gasteiger partial charge in [0.05, 0.1) is 33.4 Å². The van der Waals surface area contributed by atoms with Gasteiger partial charge in [-0.15, -0.1) is 0 Å². The third-order valence-electron chi connectivity index (χ3n) is 3.67. The molecule has 1 saturated heterocycles. The second-order valence-corrected chi connectivity index (χ2v) is 5.32. The Morgan fingerprint density at radius 1 is 1.43 bits per heavy atom. The molecule has 2 rings (SSSR count). The summed E-state index contributed by atoms with van der Waals surface area (Å²) in [5, 5.41) is 0. The van der Waals surface area contributed by atoms with Crippen LogP contribution in [0.4, 0.5) is 0 Å². The van der Waals surface area contributed by atoms with Gasteiger partial charge in [0.25, 0.3) is 0 Å². The van der Waals surface area contributed by atoms with Crippen LogP contribution in [0.15, 0.2) is 18.2 Å². The summed E-state index contributed by atoms with van der Waals surface area (Å²) in [5.41, 5.74) is 2.38. The summed E-state index contributed by atoms with van der Waals surface area (Å²) in [6.45, 7) is 5.09. The molecule has 1 aliphatic heterocycles. The van der Waals surface area contributed by atoms with Gasteiger partial charge in [-0.25, -0.2) is 0 Å². The van der Waals surface area contributed by atoms with E-state index in [9.17, 15) is 4.79 Å². The van der Waals surface area contributed by atoms with E-state index >= 15 is 0 Å². The van der Waals surface area contributed by atoms with Crippen LogP contribution in [-0.4, -0.2) is 50.9 Å². The number of ether oxygens (including phenoxy) is 3. The normalized spacial score (nSPS) is 19.3. The van der Waals surface area contributed by atoms with E-state index in [1.54, 1.807) is 7.11 Å². The van der Waals surface area contributed by atoms with E-state index in [2.05, 4.69) is 17.9 Å². The van der Waals surface area contributed by atoms with Crippen molar-refractivity contribution in [1.29, 1.82) is 0 Å². The lowest BCUT2D eigenvalue weighted by molar-refractivity contribution is -0.145. The molecule has 0 radical (unpaired) electrons. The van der Waals surface area contributed by atoms with Gasteiger partial charge in [-0.2, -0.15) is 0 Å². The predicted molar refractivity (Wildman–Crippen MR) is 79.4 cm³/mol. The Bertz CT molecular complexity index is 489. The minimum Gasteiger partial charge on any atom is -0.496 e. The molecule has 21 heavy (non-hydrogen) atoms. The topological polar surface area (TPSA) is 48.0 Å². The fraction of sp³-hybridized carbons (Fsp3) is 0.562. The Balaban J connectivity index is 1.99. The van der Waals surface area contributed by atoms with Crippen LogP contribution in [0.5, 0.6) is 5.75 Å². The minimum atomic E-state index is -0.227. The van der Waals surface area contributed by atoms with Gasteiger partial charge in [0.1, 0.15) is 5.75 Å². The molecule has 1 aromatic rings. The van der Waals surface area contributed by atoms with Crippen LogP contribution in [0, 0.1) is 6.92 Å². The number of carbonyl (C=O) groups excluding carboxylic acids is 1. The first-order valence-corrected chi connectivity index (χ1v) is 7.16. The largest absolute Gasteiger partial charge is 0.496 e. The smallest absolute Gasteiger partial charge is 0.308 e. The molecular formula is C16H23NO4. The summed E-state index contributed by atoms with van der Waals surface area (Å²) in [5.74, 6) is 0.673. The number of hydrogen-bond acceptors (Lipinski definition) is 5. The van der Waals surface area contributed by atoms with Crippen LogP contribution in [0.25, 0.3) is 0 Å². The van der Waals surface area contributed by atoms with Crippen molar-refractivity contribution in [2.24, 2.45) is 0 Å². The molecule has 0 aliphatic carbocycles. The number of nitrogens with zero attached hydrogens (tertiary/aromatic N) is 1. The average Bonchev–Trinajstić information content (AvgIpc) is 2.48. The lowest BCUT2D eigenvalue weighted by Crippen LogP contribution is -2.42. The summed E-state index contributed by atoms with van der Waals surface area (Å²) in [6, 6.07) is 6.18. The van der Waals surface area contributed by atoms with E-state index in [0.717, 1.165) is 30.9 Å². The van der Waals surface area contributed by atoms with E-state index in [-0.39, 0.29) is 12.1 Å². The van der Waals surface area contributed by atoms with Gasteiger partial charge in [0.15, 0.2) is 0 Å². The van der Waals surface area contributed by atoms with E-state index < -0.39 is 0 Å². The van der Waals surface area contributed by atoms with Crippen molar-refractivity contribution in [2.45, 2.75) is 26.0 Å². The average molecular weight is 293 g/mol. The van der Waals surface area contributed by atoms with Gasteiger partial charge in [0, 0.05) is 25.2 Å². The van der Waals surface area contributed by atoms with Gasteiger partial charge in [-0.3, -0.25) is 9.69 Å². The number of methoxy groups -OCH3 is 2. The fourth-order valence-corrected chi connectivity index (χ4v) is 2.59. The Morgan fingerprint density at radius 3 is 2.95 bits per heavy atom. The number of benzene rings is 1. The molecule has 5 heteroatoms. The second kappa shape index (κ2) is 7.43. The molecule has 0 amide bonds. The highest BCUT2D eigenvalue weighted by Crippen LogP contribution is 2.22. The van der Waals surface area contributed by atoms with Crippen molar-refractivity contribution in [2.75, 3.05) is 33.9 Å². The Hall–Kier alpha value is -1.59. The molecule has 1 unspecified atom stereocenters. The maximum Gasteiger partial charge on any atom is 0.308 e. The minimum absolute atomic E-state index is 0.0954. The van der Waals surface area contributed by atoms with Crippen molar-refractivity contribution < 1.29 is 19.0 Å². The fourth-order valence-electron chi connectivity index (χ4n) is 2.59. The van der Waals surface area contributed by atoms with Crippen molar-refractivity contribution >= 4 is 5.97 Å². The van der Waals surface area contributed by atoms with Crippen molar-refractivity contribution in [1.82, 2.24) is 4.90 Å². The summed E-state index contributed by atoms with van der Waals surface area (Å²) >= 11 is 0. The first-order chi connectivity index (χ1) is 10.1. The summed E-state index contributed by atoms with van der Waals surface area (Å²) < 4.78 is 15.7. The standard InChI is InChI=1S/C16H23NO4/c1-12-4-5-15(19-2)13(8-12)10-17-6-7-21-14(11-17)9-16(18)20-3/h4-5,8,14H,6-7,9-11H2,1-3H3. The zero-order valence-corrected chi connectivity index (χ0v) is 12.9. The highest BCUT2D eigenvalue weighted by atomic mass is 16.5.